The molecule has 0 N–H and O–H groups in total. The zero-order valence-electron chi connectivity index (χ0n) is 12.8. The molecule has 2 rings (SSSR count). The van der Waals surface area contributed by atoms with Gasteiger partial charge in [0, 0.05) is 18.0 Å². The summed E-state index contributed by atoms with van der Waals surface area (Å²) in [6.07, 6.45) is 11.2. The summed E-state index contributed by atoms with van der Waals surface area (Å²) < 4.78 is 5.76. The molecule has 3 heteroatoms. The zero-order chi connectivity index (χ0) is 14.8. The number of benzene rings is 1. The Morgan fingerprint density at radius 1 is 0.857 bits per heavy atom. The highest BCUT2D eigenvalue weighted by Gasteiger charge is 2.00. The Morgan fingerprint density at radius 2 is 1.52 bits per heavy atom. The fourth-order valence-corrected chi connectivity index (χ4v) is 2.22. The molecule has 0 radical (unpaired) electrons. The highest BCUT2D eigenvalue weighted by atomic mass is 16.5. The Kier molecular flexibility index (Phi) is 6.72. The second-order valence-corrected chi connectivity index (χ2v) is 5.21. The van der Waals surface area contributed by atoms with Crippen molar-refractivity contribution in [2.75, 3.05) is 6.61 Å². The minimum Gasteiger partial charge on any atom is -0.494 e. The molecule has 2 aromatic rings. The number of unbranched alkanes of at least 4 members (excludes halogenated alkanes) is 5. The molecular formula is C18H24N2O. The predicted molar refractivity (Wildman–Crippen MR) is 86.3 cm³/mol. The van der Waals surface area contributed by atoms with Crippen molar-refractivity contribution in [3.05, 3.63) is 42.7 Å². The molecule has 0 aliphatic rings. The van der Waals surface area contributed by atoms with Crippen LogP contribution in [0, 0.1) is 0 Å². The lowest BCUT2D eigenvalue weighted by Gasteiger charge is -2.07. The van der Waals surface area contributed by atoms with E-state index in [0.717, 1.165) is 30.2 Å². The molecule has 1 aromatic heterocycles. The van der Waals surface area contributed by atoms with Crippen LogP contribution in [0.1, 0.15) is 45.4 Å². The Hall–Kier alpha value is -1.90. The van der Waals surface area contributed by atoms with Crippen molar-refractivity contribution in [1.82, 2.24) is 9.97 Å². The lowest BCUT2D eigenvalue weighted by atomic mass is 10.1. The average Bonchev–Trinajstić information content (AvgIpc) is 2.55. The summed E-state index contributed by atoms with van der Waals surface area (Å²) in [6.45, 7) is 3.04. The Morgan fingerprint density at radius 3 is 2.24 bits per heavy atom. The maximum absolute atomic E-state index is 5.76. The molecule has 0 bridgehead atoms. The van der Waals surface area contributed by atoms with E-state index in [1.807, 2.05) is 30.3 Å². The molecule has 0 fully saturated rings. The van der Waals surface area contributed by atoms with Gasteiger partial charge in [-0.2, -0.15) is 0 Å². The number of hydrogen-bond acceptors (Lipinski definition) is 3. The third-order valence-electron chi connectivity index (χ3n) is 3.44. The van der Waals surface area contributed by atoms with Gasteiger partial charge in [0.2, 0.25) is 0 Å². The van der Waals surface area contributed by atoms with Crippen LogP contribution in [-0.4, -0.2) is 16.6 Å². The molecule has 112 valence electrons. The summed E-state index contributed by atoms with van der Waals surface area (Å²) in [5, 5.41) is 0. The lowest BCUT2D eigenvalue weighted by Crippen LogP contribution is -1.97. The van der Waals surface area contributed by atoms with Crippen molar-refractivity contribution in [3.8, 4) is 17.1 Å². The zero-order valence-corrected chi connectivity index (χ0v) is 12.8. The smallest absolute Gasteiger partial charge is 0.159 e. The van der Waals surface area contributed by atoms with E-state index in [0.29, 0.717) is 0 Å². The van der Waals surface area contributed by atoms with Crippen LogP contribution < -0.4 is 4.74 Å². The number of nitrogens with zero attached hydrogens (tertiary/aromatic N) is 2. The quantitative estimate of drug-likeness (QED) is 0.615. The first-order chi connectivity index (χ1) is 10.4. The van der Waals surface area contributed by atoms with Gasteiger partial charge in [0.15, 0.2) is 5.82 Å². The van der Waals surface area contributed by atoms with Gasteiger partial charge in [-0.1, -0.05) is 39.0 Å². The molecule has 0 aliphatic carbocycles. The minimum absolute atomic E-state index is 0.750. The van der Waals surface area contributed by atoms with Gasteiger partial charge in [-0.25, -0.2) is 9.97 Å². The Bertz CT molecular complexity index is 496. The van der Waals surface area contributed by atoms with Crippen molar-refractivity contribution in [2.45, 2.75) is 45.4 Å². The van der Waals surface area contributed by atoms with Crippen LogP contribution in [0.5, 0.6) is 5.75 Å². The average molecular weight is 284 g/mol. The number of rotatable bonds is 9. The number of hydrogen-bond donors (Lipinski definition) is 0. The van der Waals surface area contributed by atoms with Crippen molar-refractivity contribution < 1.29 is 4.74 Å². The first-order valence-corrected chi connectivity index (χ1v) is 7.90. The molecule has 0 atom stereocenters. The molecule has 1 aromatic carbocycles. The Labute approximate surface area is 127 Å². The fraction of sp³-hybridized carbons (Fsp3) is 0.444. The second-order valence-electron chi connectivity index (χ2n) is 5.21. The largest absolute Gasteiger partial charge is 0.494 e. The molecule has 0 aliphatic heterocycles. The SMILES string of the molecule is CCCCCCCCOc1ccc(-c2ncccn2)cc1. The highest BCUT2D eigenvalue weighted by molar-refractivity contribution is 5.55. The van der Waals surface area contributed by atoms with Crippen LogP contribution >= 0.6 is 0 Å². The van der Waals surface area contributed by atoms with Crippen LogP contribution in [0.25, 0.3) is 11.4 Å². The molecule has 1 heterocycles. The second kappa shape index (κ2) is 9.11. The van der Waals surface area contributed by atoms with Crippen LogP contribution in [-0.2, 0) is 0 Å². The summed E-state index contributed by atoms with van der Waals surface area (Å²) in [7, 11) is 0. The van der Waals surface area contributed by atoms with Gasteiger partial charge in [-0.15, -0.1) is 0 Å². The predicted octanol–water partition coefficient (Wildman–Crippen LogP) is 4.88. The van der Waals surface area contributed by atoms with Crippen LogP contribution in [0.3, 0.4) is 0 Å². The van der Waals surface area contributed by atoms with Gasteiger partial charge in [0.05, 0.1) is 6.61 Å². The van der Waals surface area contributed by atoms with Gasteiger partial charge >= 0.3 is 0 Å². The molecular weight excluding hydrogens is 260 g/mol. The van der Waals surface area contributed by atoms with E-state index in [2.05, 4.69) is 16.9 Å². The monoisotopic (exact) mass is 284 g/mol. The van der Waals surface area contributed by atoms with Gasteiger partial charge in [0.25, 0.3) is 0 Å². The molecule has 0 spiro atoms. The van der Waals surface area contributed by atoms with Crippen LogP contribution in [0.4, 0.5) is 0 Å². The number of ether oxygens (including phenoxy) is 1. The van der Waals surface area contributed by atoms with Crippen molar-refractivity contribution in [2.24, 2.45) is 0 Å². The normalized spacial score (nSPS) is 10.5. The number of aromatic nitrogens is 2. The lowest BCUT2D eigenvalue weighted by molar-refractivity contribution is 0.304. The standard InChI is InChI=1S/C18H24N2O/c1-2-3-4-5-6-7-15-21-17-11-9-16(10-12-17)18-19-13-8-14-20-18/h8-14H,2-7,15H2,1H3. The van der Waals surface area contributed by atoms with E-state index >= 15 is 0 Å². The van der Waals surface area contributed by atoms with Gasteiger partial charge in [0.1, 0.15) is 5.75 Å². The topological polar surface area (TPSA) is 35.0 Å². The van der Waals surface area contributed by atoms with E-state index in [1.165, 1.54) is 32.1 Å². The van der Waals surface area contributed by atoms with Crippen LogP contribution in [0.15, 0.2) is 42.7 Å². The van der Waals surface area contributed by atoms with Gasteiger partial charge in [-0.05, 0) is 36.8 Å². The van der Waals surface area contributed by atoms with E-state index in [4.69, 9.17) is 4.74 Å². The van der Waals surface area contributed by atoms with E-state index < -0.39 is 0 Å². The maximum Gasteiger partial charge on any atom is 0.159 e. The molecule has 0 saturated heterocycles. The summed E-state index contributed by atoms with van der Waals surface area (Å²) in [5.41, 5.74) is 1.02. The van der Waals surface area contributed by atoms with E-state index in [1.54, 1.807) is 12.4 Å². The maximum atomic E-state index is 5.76. The van der Waals surface area contributed by atoms with Crippen molar-refractivity contribution >= 4 is 0 Å². The van der Waals surface area contributed by atoms with E-state index in [9.17, 15) is 0 Å². The molecule has 3 nitrogen and oxygen atoms in total. The van der Waals surface area contributed by atoms with Crippen molar-refractivity contribution in [3.63, 3.8) is 0 Å². The first kappa shape index (κ1) is 15.5. The van der Waals surface area contributed by atoms with E-state index in [-0.39, 0.29) is 0 Å². The summed E-state index contributed by atoms with van der Waals surface area (Å²) >= 11 is 0. The molecule has 0 saturated carbocycles. The Balaban J connectivity index is 1.71. The molecule has 0 amide bonds. The highest BCUT2D eigenvalue weighted by Crippen LogP contribution is 2.19. The van der Waals surface area contributed by atoms with Gasteiger partial charge < -0.3 is 4.74 Å². The van der Waals surface area contributed by atoms with Crippen molar-refractivity contribution in [1.29, 1.82) is 0 Å². The minimum atomic E-state index is 0.750. The first-order valence-electron chi connectivity index (χ1n) is 7.90. The molecule has 21 heavy (non-hydrogen) atoms. The molecule has 0 unspecified atom stereocenters. The summed E-state index contributed by atoms with van der Waals surface area (Å²) in [6, 6.07) is 9.81. The van der Waals surface area contributed by atoms with Gasteiger partial charge in [-0.3, -0.25) is 0 Å². The summed E-state index contributed by atoms with van der Waals surface area (Å²) in [5.74, 6) is 1.67. The fourth-order valence-electron chi connectivity index (χ4n) is 2.22. The van der Waals surface area contributed by atoms with Crippen LogP contribution in [0.2, 0.25) is 0 Å². The third kappa shape index (κ3) is 5.54. The third-order valence-corrected chi connectivity index (χ3v) is 3.44. The summed E-state index contributed by atoms with van der Waals surface area (Å²) in [4.78, 5) is 8.48.